The number of aliphatic hydroxyl groups excluding tert-OH is 1. The SMILES string of the molecule is C[B]c1cccc(CCO)n1. The van der Waals surface area contributed by atoms with Crippen LogP contribution in [0.2, 0.25) is 6.82 Å². The van der Waals surface area contributed by atoms with Gasteiger partial charge in [-0.15, -0.1) is 0 Å². The van der Waals surface area contributed by atoms with E-state index in [1.807, 2.05) is 32.3 Å². The Hall–Kier alpha value is -0.825. The van der Waals surface area contributed by atoms with E-state index in [9.17, 15) is 0 Å². The van der Waals surface area contributed by atoms with E-state index in [4.69, 9.17) is 5.11 Å². The zero-order valence-electron chi connectivity index (χ0n) is 6.62. The molecule has 0 aliphatic heterocycles. The Balaban J connectivity index is 2.74. The van der Waals surface area contributed by atoms with Crippen molar-refractivity contribution in [2.75, 3.05) is 6.61 Å². The van der Waals surface area contributed by atoms with Gasteiger partial charge < -0.3 is 5.11 Å². The quantitative estimate of drug-likeness (QED) is 0.611. The Bertz CT molecular complexity index is 227. The van der Waals surface area contributed by atoms with Crippen molar-refractivity contribution in [1.82, 2.24) is 4.98 Å². The Morgan fingerprint density at radius 2 is 2.36 bits per heavy atom. The number of pyridine rings is 1. The van der Waals surface area contributed by atoms with E-state index in [2.05, 4.69) is 4.98 Å². The van der Waals surface area contributed by atoms with Crippen LogP contribution in [-0.2, 0) is 6.42 Å². The second-order valence-corrected chi connectivity index (χ2v) is 2.32. The van der Waals surface area contributed by atoms with E-state index >= 15 is 0 Å². The highest BCUT2D eigenvalue weighted by atomic mass is 16.3. The molecule has 0 aliphatic carbocycles. The molecule has 3 heteroatoms. The lowest BCUT2D eigenvalue weighted by Crippen LogP contribution is -2.16. The van der Waals surface area contributed by atoms with Crippen molar-refractivity contribution in [2.45, 2.75) is 13.2 Å². The fourth-order valence-corrected chi connectivity index (χ4v) is 0.913. The molecule has 11 heavy (non-hydrogen) atoms. The van der Waals surface area contributed by atoms with Crippen molar-refractivity contribution >= 4 is 12.9 Å². The van der Waals surface area contributed by atoms with E-state index in [1.165, 1.54) is 0 Å². The van der Waals surface area contributed by atoms with Gasteiger partial charge in [-0.2, -0.15) is 0 Å². The summed E-state index contributed by atoms with van der Waals surface area (Å²) in [6.07, 6.45) is 0.641. The van der Waals surface area contributed by atoms with Crippen molar-refractivity contribution < 1.29 is 5.11 Å². The highest BCUT2D eigenvalue weighted by Crippen LogP contribution is 1.91. The molecule has 1 rings (SSSR count). The minimum Gasteiger partial charge on any atom is -0.396 e. The van der Waals surface area contributed by atoms with E-state index in [-0.39, 0.29) is 6.61 Å². The molecule has 1 aromatic rings. The van der Waals surface area contributed by atoms with Crippen LogP contribution in [0, 0.1) is 0 Å². The van der Waals surface area contributed by atoms with E-state index < -0.39 is 0 Å². The van der Waals surface area contributed by atoms with Gasteiger partial charge in [-0.1, -0.05) is 19.0 Å². The summed E-state index contributed by atoms with van der Waals surface area (Å²) in [7, 11) is 1.95. The monoisotopic (exact) mass is 148 g/mol. The lowest BCUT2D eigenvalue weighted by Gasteiger charge is -1.99. The van der Waals surface area contributed by atoms with Crippen molar-refractivity contribution in [1.29, 1.82) is 0 Å². The highest BCUT2D eigenvalue weighted by molar-refractivity contribution is 6.50. The van der Waals surface area contributed by atoms with Crippen LogP contribution in [0.4, 0.5) is 0 Å². The van der Waals surface area contributed by atoms with Crippen molar-refractivity contribution in [2.24, 2.45) is 0 Å². The molecule has 2 nitrogen and oxygen atoms in total. The molecule has 1 aromatic heterocycles. The van der Waals surface area contributed by atoms with Crippen LogP contribution in [0.1, 0.15) is 5.69 Å². The first kappa shape index (κ1) is 8.27. The standard InChI is InChI=1S/C8H11BNO/c1-9-8-4-2-3-7(10-8)5-6-11/h2-4,11H,5-6H2,1H3. The zero-order valence-corrected chi connectivity index (χ0v) is 6.62. The minimum absolute atomic E-state index is 0.167. The topological polar surface area (TPSA) is 33.1 Å². The van der Waals surface area contributed by atoms with Crippen LogP contribution < -0.4 is 5.59 Å². The summed E-state index contributed by atoms with van der Waals surface area (Å²) in [5, 5.41) is 8.63. The molecule has 0 saturated heterocycles. The predicted molar refractivity (Wildman–Crippen MR) is 46.3 cm³/mol. The molecule has 0 fully saturated rings. The van der Waals surface area contributed by atoms with E-state index in [0.717, 1.165) is 11.3 Å². The van der Waals surface area contributed by atoms with Gasteiger partial charge in [0.2, 0.25) is 0 Å². The normalized spacial score (nSPS) is 9.64. The molecule has 0 spiro atoms. The molecular formula is C8H11BNO. The molecule has 0 amide bonds. The summed E-state index contributed by atoms with van der Waals surface area (Å²) in [6, 6.07) is 5.82. The van der Waals surface area contributed by atoms with Gasteiger partial charge in [0.05, 0.1) is 0 Å². The molecule has 57 valence electrons. The van der Waals surface area contributed by atoms with Gasteiger partial charge in [-0.05, 0) is 11.7 Å². The Morgan fingerprint density at radius 3 is 3.00 bits per heavy atom. The van der Waals surface area contributed by atoms with Gasteiger partial charge in [0.1, 0.15) is 0 Å². The fraction of sp³-hybridized carbons (Fsp3) is 0.375. The lowest BCUT2D eigenvalue weighted by molar-refractivity contribution is 0.298. The second-order valence-electron chi connectivity index (χ2n) is 2.32. The molecule has 1 heterocycles. The van der Waals surface area contributed by atoms with Crippen LogP contribution in [-0.4, -0.2) is 24.0 Å². The number of hydrogen-bond acceptors (Lipinski definition) is 2. The maximum Gasteiger partial charge on any atom is 0.174 e. The number of aliphatic hydroxyl groups is 1. The summed E-state index contributed by atoms with van der Waals surface area (Å²) in [5.74, 6) is 0. The van der Waals surface area contributed by atoms with E-state index in [1.54, 1.807) is 0 Å². The lowest BCUT2D eigenvalue weighted by atomic mass is 9.77. The Kier molecular flexibility index (Phi) is 3.11. The maximum absolute atomic E-state index is 8.63. The van der Waals surface area contributed by atoms with Gasteiger partial charge in [0.25, 0.3) is 0 Å². The fourth-order valence-electron chi connectivity index (χ4n) is 0.913. The molecule has 0 unspecified atom stereocenters. The maximum atomic E-state index is 8.63. The van der Waals surface area contributed by atoms with Crippen LogP contribution >= 0.6 is 0 Å². The summed E-state index contributed by atoms with van der Waals surface area (Å²) < 4.78 is 0. The third-order valence-corrected chi connectivity index (χ3v) is 1.49. The summed E-state index contributed by atoms with van der Waals surface area (Å²) in [6.45, 7) is 2.12. The molecule has 1 N–H and O–H groups in total. The van der Waals surface area contributed by atoms with Gasteiger partial charge in [0.15, 0.2) is 7.28 Å². The number of aromatic nitrogens is 1. The predicted octanol–water partition coefficient (Wildman–Crippen LogP) is -0.00600. The molecule has 0 bridgehead atoms. The summed E-state index contributed by atoms with van der Waals surface area (Å²) in [4.78, 5) is 4.27. The molecule has 0 aliphatic rings. The zero-order chi connectivity index (χ0) is 8.10. The van der Waals surface area contributed by atoms with Gasteiger partial charge in [0, 0.05) is 18.7 Å². The first-order valence-electron chi connectivity index (χ1n) is 3.73. The third-order valence-electron chi connectivity index (χ3n) is 1.49. The van der Waals surface area contributed by atoms with Crippen LogP contribution in [0.15, 0.2) is 18.2 Å². The molecule has 0 atom stereocenters. The average molecular weight is 148 g/mol. The summed E-state index contributed by atoms with van der Waals surface area (Å²) in [5.41, 5.74) is 1.92. The van der Waals surface area contributed by atoms with Crippen molar-refractivity contribution in [3.05, 3.63) is 23.9 Å². The smallest absolute Gasteiger partial charge is 0.174 e. The minimum atomic E-state index is 0.167. The van der Waals surface area contributed by atoms with Crippen molar-refractivity contribution in [3.63, 3.8) is 0 Å². The van der Waals surface area contributed by atoms with E-state index in [0.29, 0.717) is 6.42 Å². The average Bonchev–Trinajstić information content (AvgIpc) is 2.06. The molecule has 1 radical (unpaired) electrons. The van der Waals surface area contributed by atoms with Crippen LogP contribution in [0.5, 0.6) is 0 Å². The van der Waals surface area contributed by atoms with Crippen LogP contribution in [0.25, 0.3) is 0 Å². The first-order chi connectivity index (χ1) is 5.36. The first-order valence-corrected chi connectivity index (χ1v) is 3.73. The van der Waals surface area contributed by atoms with Gasteiger partial charge in [-0.25, -0.2) is 0 Å². The largest absolute Gasteiger partial charge is 0.396 e. The summed E-state index contributed by atoms with van der Waals surface area (Å²) >= 11 is 0. The Labute approximate surface area is 67.5 Å². The van der Waals surface area contributed by atoms with Gasteiger partial charge in [-0.3, -0.25) is 4.98 Å². The third kappa shape index (κ3) is 2.35. The van der Waals surface area contributed by atoms with Crippen molar-refractivity contribution in [3.8, 4) is 0 Å². The number of hydrogen-bond donors (Lipinski definition) is 1. The number of nitrogens with zero attached hydrogens (tertiary/aromatic N) is 1. The molecule has 0 saturated carbocycles. The van der Waals surface area contributed by atoms with Gasteiger partial charge >= 0.3 is 0 Å². The highest BCUT2D eigenvalue weighted by Gasteiger charge is 1.94. The second kappa shape index (κ2) is 4.14. The molecular weight excluding hydrogens is 137 g/mol. The Morgan fingerprint density at radius 1 is 1.55 bits per heavy atom. The number of rotatable bonds is 3. The molecule has 0 aromatic carbocycles. The van der Waals surface area contributed by atoms with Crippen LogP contribution in [0.3, 0.4) is 0 Å².